The summed E-state index contributed by atoms with van der Waals surface area (Å²) in [5.74, 6) is -0.843. The van der Waals surface area contributed by atoms with Crippen molar-refractivity contribution >= 4 is 12.1 Å². The molecule has 1 unspecified atom stereocenters. The van der Waals surface area contributed by atoms with Crippen molar-refractivity contribution in [3.63, 3.8) is 0 Å². The number of carboxylic acids is 1. The molecule has 120 valence electrons. The van der Waals surface area contributed by atoms with Crippen molar-refractivity contribution in [1.29, 1.82) is 0 Å². The van der Waals surface area contributed by atoms with Gasteiger partial charge in [0, 0.05) is 19.1 Å². The molecule has 1 saturated carbocycles. The van der Waals surface area contributed by atoms with E-state index in [9.17, 15) is 9.59 Å². The van der Waals surface area contributed by atoms with E-state index in [0.29, 0.717) is 19.1 Å². The molecule has 1 heterocycles. The number of rotatable bonds is 4. The number of aliphatic carboxylic acids is 1. The van der Waals surface area contributed by atoms with Crippen LogP contribution in [0.4, 0.5) is 4.79 Å². The molecule has 0 aromatic rings. The number of carboxylic acid groups (broad SMARTS) is 1. The Bertz CT molecular complexity index is 447. The average molecular weight is 298 g/mol. The molecule has 0 aromatic carbocycles. The number of ether oxygens (including phenoxy) is 1. The van der Waals surface area contributed by atoms with Crippen LogP contribution in [0.5, 0.6) is 0 Å². The van der Waals surface area contributed by atoms with Gasteiger partial charge in [-0.2, -0.15) is 0 Å². The average Bonchev–Trinajstić information content (AvgIpc) is 2.77. The standard InChI is InChI=1S/C15H26N2O4/c1-13(2,3)21-12(20)17-8-15(9-17,7-11(18)19)16-10-6-14(10,4)5/h10,16H,6-9H2,1-5H3,(H,18,19). The summed E-state index contributed by atoms with van der Waals surface area (Å²) in [6.07, 6.45) is 0.694. The zero-order valence-electron chi connectivity index (χ0n) is 13.5. The van der Waals surface area contributed by atoms with Crippen LogP contribution in [0.2, 0.25) is 0 Å². The molecule has 1 amide bonds. The second kappa shape index (κ2) is 4.87. The van der Waals surface area contributed by atoms with Crippen molar-refractivity contribution in [2.24, 2.45) is 5.41 Å². The number of nitrogens with zero attached hydrogens (tertiary/aromatic N) is 1. The van der Waals surface area contributed by atoms with Gasteiger partial charge in [-0.25, -0.2) is 4.79 Å². The molecule has 2 fully saturated rings. The molecule has 6 nitrogen and oxygen atoms in total. The van der Waals surface area contributed by atoms with Crippen LogP contribution in [0.25, 0.3) is 0 Å². The fraction of sp³-hybridized carbons (Fsp3) is 0.867. The highest BCUT2D eigenvalue weighted by molar-refractivity contribution is 5.73. The summed E-state index contributed by atoms with van der Waals surface area (Å²) in [6.45, 7) is 10.6. The quantitative estimate of drug-likeness (QED) is 0.828. The Balaban J connectivity index is 1.93. The number of likely N-dealkylation sites (tertiary alicyclic amines) is 1. The summed E-state index contributed by atoms with van der Waals surface area (Å²) < 4.78 is 5.31. The third-order valence-electron chi connectivity index (χ3n) is 4.12. The third kappa shape index (κ3) is 3.87. The van der Waals surface area contributed by atoms with Crippen LogP contribution in [0.1, 0.15) is 47.5 Å². The highest BCUT2D eigenvalue weighted by atomic mass is 16.6. The summed E-state index contributed by atoms with van der Waals surface area (Å²) in [5.41, 5.74) is -0.826. The van der Waals surface area contributed by atoms with Crippen molar-refractivity contribution in [3.8, 4) is 0 Å². The molecule has 0 aromatic heterocycles. The number of carbonyl (C=O) groups is 2. The van der Waals surface area contributed by atoms with Crippen molar-refractivity contribution in [3.05, 3.63) is 0 Å². The van der Waals surface area contributed by atoms with E-state index in [1.54, 1.807) is 4.90 Å². The lowest BCUT2D eigenvalue weighted by Crippen LogP contribution is -2.72. The Hall–Kier alpha value is -1.30. The van der Waals surface area contributed by atoms with Crippen molar-refractivity contribution in [1.82, 2.24) is 10.2 Å². The molecule has 1 aliphatic carbocycles. The molecule has 21 heavy (non-hydrogen) atoms. The minimum atomic E-state index is -0.843. The van der Waals surface area contributed by atoms with E-state index in [2.05, 4.69) is 19.2 Å². The Morgan fingerprint density at radius 1 is 1.33 bits per heavy atom. The van der Waals surface area contributed by atoms with Crippen LogP contribution in [0, 0.1) is 5.41 Å². The summed E-state index contributed by atoms with van der Waals surface area (Å²) in [6, 6.07) is 0.331. The predicted octanol–water partition coefficient (Wildman–Crippen LogP) is 1.84. The molecule has 2 aliphatic rings. The van der Waals surface area contributed by atoms with E-state index in [1.807, 2.05) is 20.8 Å². The first-order chi connectivity index (χ1) is 9.42. The van der Waals surface area contributed by atoms with Gasteiger partial charge in [0.05, 0.1) is 12.0 Å². The van der Waals surface area contributed by atoms with Crippen molar-refractivity contribution < 1.29 is 19.4 Å². The SMILES string of the molecule is CC(C)(C)OC(=O)N1CC(CC(=O)O)(NC2CC2(C)C)C1. The van der Waals surface area contributed by atoms with Crippen molar-refractivity contribution in [2.45, 2.75) is 64.6 Å². The molecule has 2 rings (SSSR count). The predicted molar refractivity (Wildman–Crippen MR) is 78.1 cm³/mol. The lowest BCUT2D eigenvalue weighted by atomic mass is 9.86. The van der Waals surface area contributed by atoms with Gasteiger partial charge >= 0.3 is 12.1 Å². The Labute approximate surface area is 125 Å². The zero-order chi connectivity index (χ0) is 16.1. The monoisotopic (exact) mass is 298 g/mol. The Morgan fingerprint density at radius 3 is 2.24 bits per heavy atom. The molecular weight excluding hydrogens is 272 g/mol. The second-order valence-corrected chi connectivity index (χ2v) is 8.08. The normalized spacial score (nSPS) is 26.0. The molecule has 0 radical (unpaired) electrons. The lowest BCUT2D eigenvalue weighted by molar-refractivity contribution is -0.141. The largest absolute Gasteiger partial charge is 0.481 e. The first-order valence-electron chi connectivity index (χ1n) is 7.40. The lowest BCUT2D eigenvalue weighted by Gasteiger charge is -2.50. The van der Waals surface area contributed by atoms with E-state index in [-0.39, 0.29) is 17.9 Å². The first kappa shape index (κ1) is 16.1. The van der Waals surface area contributed by atoms with E-state index in [0.717, 1.165) is 6.42 Å². The van der Waals surface area contributed by atoms with Gasteiger partial charge in [0.1, 0.15) is 5.60 Å². The number of hydrogen-bond donors (Lipinski definition) is 2. The van der Waals surface area contributed by atoms with Gasteiger partial charge in [-0.05, 0) is 32.6 Å². The van der Waals surface area contributed by atoms with Gasteiger partial charge in [0.2, 0.25) is 0 Å². The molecule has 1 atom stereocenters. The summed E-state index contributed by atoms with van der Waals surface area (Å²) in [4.78, 5) is 24.6. The van der Waals surface area contributed by atoms with E-state index in [4.69, 9.17) is 9.84 Å². The molecule has 2 N–H and O–H groups in total. The maximum absolute atomic E-state index is 12.0. The van der Waals surface area contributed by atoms with Gasteiger partial charge in [-0.1, -0.05) is 13.8 Å². The minimum Gasteiger partial charge on any atom is -0.481 e. The van der Waals surface area contributed by atoms with Crippen LogP contribution in [-0.4, -0.2) is 52.3 Å². The number of nitrogens with one attached hydrogen (secondary N) is 1. The molecule has 0 bridgehead atoms. The molecule has 1 saturated heterocycles. The number of hydrogen-bond acceptors (Lipinski definition) is 4. The summed E-state index contributed by atoms with van der Waals surface area (Å²) in [7, 11) is 0. The maximum Gasteiger partial charge on any atom is 0.410 e. The maximum atomic E-state index is 12.0. The smallest absolute Gasteiger partial charge is 0.410 e. The van der Waals surface area contributed by atoms with Gasteiger partial charge in [0.15, 0.2) is 0 Å². The van der Waals surface area contributed by atoms with Crippen LogP contribution >= 0.6 is 0 Å². The molecule has 0 spiro atoms. The van der Waals surface area contributed by atoms with E-state index >= 15 is 0 Å². The van der Waals surface area contributed by atoms with Gasteiger partial charge < -0.3 is 20.1 Å². The fourth-order valence-electron chi connectivity index (χ4n) is 2.77. The minimum absolute atomic E-state index is 0.0267. The van der Waals surface area contributed by atoms with Crippen molar-refractivity contribution in [2.75, 3.05) is 13.1 Å². The van der Waals surface area contributed by atoms with Gasteiger partial charge in [-0.3, -0.25) is 4.79 Å². The van der Waals surface area contributed by atoms with Crippen LogP contribution in [-0.2, 0) is 9.53 Å². The number of carbonyl (C=O) groups excluding carboxylic acids is 1. The highest BCUT2D eigenvalue weighted by Gasteiger charge is 2.55. The summed E-state index contributed by atoms with van der Waals surface area (Å²) in [5, 5.41) is 12.6. The zero-order valence-corrected chi connectivity index (χ0v) is 13.5. The van der Waals surface area contributed by atoms with Gasteiger partial charge in [-0.15, -0.1) is 0 Å². The summed E-state index contributed by atoms with van der Waals surface area (Å²) >= 11 is 0. The Kier molecular flexibility index (Phi) is 3.72. The topological polar surface area (TPSA) is 78.9 Å². The third-order valence-corrected chi connectivity index (χ3v) is 4.12. The van der Waals surface area contributed by atoms with Crippen LogP contribution in [0.15, 0.2) is 0 Å². The first-order valence-corrected chi connectivity index (χ1v) is 7.40. The molecular formula is C15H26N2O4. The molecule has 6 heteroatoms. The Morgan fingerprint density at radius 2 is 1.86 bits per heavy atom. The van der Waals surface area contributed by atoms with Crippen LogP contribution in [0.3, 0.4) is 0 Å². The fourth-order valence-corrected chi connectivity index (χ4v) is 2.77. The van der Waals surface area contributed by atoms with Gasteiger partial charge in [0.25, 0.3) is 0 Å². The molecule has 1 aliphatic heterocycles. The van der Waals surface area contributed by atoms with E-state index in [1.165, 1.54) is 0 Å². The highest BCUT2D eigenvalue weighted by Crippen LogP contribution is 2.46. The van der Waals surface area contributed by atoms with E-state index < -0.39 is 17.1 Å². The van der Waals surface area contributed by atoms with Crippen LogP contribution < -0.4 is 5.32 Å². The second-order valence-electron chi connectivity index (χ2n) is 8.08. The number of amides is 1.